The van der Waals surface area contributed by atoms with Crippen molar-refractivity contribution in [2.75, 3.05) is 18.2 Å². The second kappa shape index (κ2) is 8.30. The molecular formula is C14H13BrN2O3S2. The average Bonchev–Trinajstić information content (AvgIpc) is 2.93. The van der Waals surface area contributed by atoms with Gasteiger partial charge in [0.1, 0.15) is 0 Å². The molecule has 0 radical (unpaired) electrons. The summed E-state index contributed by atoms with van der Waals surface area (Å²) in [5.41, 5.74) is 0.589. The molecule has 1 amide bonds. The number of thiazole rings is 1. The summed E-state index contributed by atoms with van der Waals surface area (Å²) in [6.45, 7) is 0. The number of anilines is 1. The lowest BCUT2D eigenvalue weighted by Crippen LogP contribution is -2.14. The van der Waals surface area contributed by atoms with Gasteiger partial charge in [-0.15, -0.1) is 23.1 Å². The van der Waals surface area contributed by atoms with Crippen LogP contribution in [0.5, 0.6) is 0 Å². The lowest BCUT2D eigenvalue weighted by molar-refractivity contribution is -0.139. The predicted octanol–water partition coefficient (Wildman–Crippen LogP) is 3.35. The molecule has 0 atom stereocenters. The molecule has 1 aromatic heterocycles. The van der Waals surface area contributed by atoms with E-state index in [1.54, 1.807) is 5.38 Å². The van der Waals surface area contributed by atoms with Crippen molar-refractivity contribution in [1.29, 1.82) is 0 Å². The van der Waals surface area contributed by atoms with Crippen molar-refractivity contribution in [3.8, 4) is 0 Å². The lowest BCUT2D eigenvalue weighted by atomic mass is 10.3. The Morgan fingerprint density at radius 3 is 2.91 bits per heavy atom. The summed E-state index contributed by atoms with van der Waals surface area (Å²) in [5.74, 6) is -0.207. The van der Waals surface area contributed by atoms with E-state index in [0.29, 0.717) is 10.8 Å². The van der Waals surface area contributed by atoms with Gasteiger partial charge in [-0.25, -0.2) is 4.98 Å². The van der Waals surface area contributed by atoms with Gasteiger partial charge in [0.15, 0.2) is 5.13 Å². The largest absolute Gasteiger partial charge is 0.469 e. The SMILES string of the molecule is COC(=O)Cc1csc(NC(=O)CSc2ccccc2Br)n1. The Balaban J connectivity index is 1.85. The Kier molecular flexibility index (Phi) is 6.41. The zero-order valence-electron chi connectivity index (χ0n) is 11.7. The molecule has 5 nitrogen and oxygen atoms in total. The third kappa shape index (κ3) is 5.11. The van der Waals surface area contributed by atoms with E-state index in [1.807, 2.05) is 24.3 Å². The molecule has 22 heavy (non-hydrogen) atoms. The Hall–Kier alpha value is -1.38. The van der Waals surface area contributed by atoms with Crippen molar-refractivity contribution in [2.45, 2.75) is 11.3 Å². The molecule has 116 valence electrons. The molecule has 0 aliphatic rings. The number of carbonyl (C=O) groups excluding carboxylic acids is 2. The number of aromatic nitrogens is 1. The van der Waals surface area contributed by atoms with Crippen LogP contribution in [0.3, 0.4) is 0 Å². The summed E-state index contributed by atoms with van der Waals surface area (Å²) in [4.78, 5) is 28.2. The number of esters is 1. The fraction of sp³-hybridized carbons (Fsp3) is 0.214. The van der Waals surface area contributed by atoms with Crippen molar-refractivity contribution in [3.63, 3.8) is 0 Å². The highest BCUT2D eigenvalue weighted by Crippen LogP contribution is 2.27. The Morgan fingerprint density at radius 1 is 1.41 bits per heavy atom. The zero-order chi connectivity index (χ0) is 15.9. The van der Waals surface area contributed by atoms with E-state index in [-0.39, 0.29) is 24.1 Å². The maximum atomic E-state index is 11.9. The third-order valence-electron chi connectivity index (χ3n) is 2.55. The topological polar surface area (TPSA) is 68.3 Å². The van der Waals surface area contributed by atoms with Crippen LogP contribution in [0.4, 0.5) is 5.13 Å². The van der Waals surface area contributed by atoms with Crippen LogP contribution in [-0.4, -0.2) is 29.7 Å². The van der Waals surface area contributed by atoms with Crippen LogP contribution in [0.2, 0.25) is 0 Å². The van der Waals surface area contributed by atoms with Gasteiger partial charge in [0.2, 0.25) is 5.91 Å². The first-order valence-corrected chi connectivity index (χ1v) is 8.92. The number of hydrogen-bond acceptors (Lipinski definition) is 6. The molecule has 0 spiro atoms. The van der Waals surface area contributed by atoms with Gasteiger partial charge in [0, 0.05) is 14.7 Å². The van der Waals surface area contributed by atoms with Crippen LogP contribution < -0.4 is 5.32 Å². The molecule has 0 saturated carbocycles. The predicted molar refractivity (Wildman–Crippen MR) is 91.3 cm³/mol. The molecule has 2 aromatic rings. The summed E-state index contributed by atoms with van der Waals surface area (Å²) >= 11 is 6.16. The van der Waals surface area contributed by atoms with Crippen LogP contribution in [-0.2, 0) is 20.7 Å². The van der Waals surface area contributed by atoms with Crippen molar-refractivity contribution in [3.05, 3.63) is 39.8 Å². The number of rotatable bonds is 6. The molecule has 0 bridgehead atoms. The van der Waals surface area contributed by atoms with E-state index in [0.717, 1.165) is 9.37 Å². The summed E-state index contributed by atoms with van der Waals surface area (Å²) in [6, 6.07) is 7.72. The van der Waals surface area contributed by atoms with E-state index in [1.165, 1.54) is 30.2 Å². The van der Waals surface area contributed by atoms with E-state index >= 15 is 0 Å². The van der Waals surface area contributed by atoms with E-state index in [2.05, 4.69) is 31.0 Å². The normalized spacial score (nSPS) is 10.3. The molecular weight excluding hydrogens is 388 g/mol. The van der Waals surface area contributed by atoms with Gasteiger partial charge in [-0.3, -0.25) is 9.59 Å². The fourth-order valence-electron chi connectivity index (χ4n) is 1.53. The fourth-order valence-corrected chi connectivity index (χ4v) is 3.62. The highest BCUT2D eigenvalue weighted by molar-refractivity contribution is 9.10. The summed E-state index contributed by atoms with van der Waals surface area (Å²) in [5, 5.41) is 4.94. The zero-order valence-corrected chi connectivity index (χ0v) is 14.9. The van der Waals surface area contributed by atoms with Crippen molar-refractivity contribution >= 4 is 56.0 Å². The number of nitrogens with zero attached hydrogens (tertiary/aromatic N) is 1. The molecule has 0 aliphatic heterocycles. The Morgan fingerprint density at radius 2 is 2.18 bits per heavy atom. The molecule has 1 N–H and O–H groups in total. The quantitative estimate of drug-likeness (QED) is 0.594. The van der Waals surface area contributed by atoms with Crippen LogP contribution in [0.15, 0.2) is 39.0 Å². The molecule has 1 aromatic carbocycles. The van der Waals surface area contributed by atoms with Gasteiger partial charge in [-0.2, -0.15) is 0 Å². The smallest absolute Gasteiger partial charge is 0.311 e. The van der Waals surface area contributed by atoms with Crippen molar-refractivity contribution in [2.24, 2.45) is 0 Å². The van der Waals surface area contributed by atoms with Gasteiger partial charge < -0.3 is 10.1 Å². The molecule has 0 unspecified atom stereocenters. The third-order valence-corrected chi connectivity index (χ3v) is 5.38. The van der Waals surface area contributed by atoms with Gasteiger partial charge in [0.05, 0.1) is 25.0 Å². The molecule has 1 heterocycles. The number of ether oxygens (including phenoxy) is 1. The Labute approximate surface area is 144 Å². The van der Waals surface area contributed by atoms with Crippen molar-refractivity contribution in [1.82, 2.24) is 4.98 Å². The standard InChI is InChI=1S/C14H13BrN2O3S2/c1-20-13(19)6-9-7-22-14(16-9)17-12(18)8-21-11-5-3-2-4-10(11)15/h2-5,7H,6,8H2,1H3,(H,16,17,18). The molecule has 0 saturated heterocycles. The Bertz CT molecular complexity index is 676. The highest BCUT2D eigenvalue weighted by atomic mass is 79.9. The van der Waals surface area contributed by atoms with Gasteiger partial charge in [-0.1, -0.05) is 12.1 Å². The first kappa shape index (κ1) is 17.0. The highest BCUT2D eigenvalue weighted by Gasteiger charge is 2.10. The van der Waals surface area contributed by atoms with E-state index in [4.69, 9.17) is 0 Å². The van der Waals surface area contributed by atoms with Gasteiger partial charge in [0.25, 0.3) is 0 Å². The number of thioether (sulfide) groups is 1. The van der Waals surface area contributed by atoms with Crippen molar-refractivity contribution < 1.29 is 14.3 Å². The van der Waals surface area contributed by atoms with E-state index in [9.17, 15) is 9.59 Å². The second-order valence-electron chi connectivity index (χ2n) is 4.16. The average molecular weight is 401 g/mol. The monoisotopic (exact) mass is 400 g/mol. The second-order valence-corrected chi connectivity index (χ2v) is 6.89. The first-order chi connectivity index (χ1) is 10.6. The number of nitrogens with one attached hydrogen (secondary N) is 1. The maximum Gasteiger partial charge on any atom is 0.311 e. The van der Waals surface area contributed by atoms with Crippen LogP contribution in [0, 0.1) is 0 Å². The summed E-state index contributed by atoms with van der Waals surface area (Å²) < 4.78 is 5.53. The molecule has 2 rings (SSSR count). The summed E-state index contributed by atoms with van der Waals surface area (Å²) in [7, 11) is 1.33. The van der Waals surface area contributed by atoms with Crippen LogP contribution >= 0.6 is 39.0 Å². The number of methoxy groups -OCH3 is 1. The molecule has 8 heteroatoms. The number of hydrogen-bond donors (Lipinski definition) is 1. The number of benzene rings is 1. The number of amides is 1. The summed E-state index contributed by atoms with van der Waals surface area (Å²) in [6.07, 6.45) is 0.106. The molecule has 0 fully saturated rings. The van der Waals surface area contributed by atoms with E-state index < -0.39 is 0 Å². The minimum absolute atomic E-state index is 0.106. The van der Waals surface area contributed by atoms with Crippen LogP contribution in [0.25, 0.3) is 0 Å². The van der Waals surface area contributed by atoms with Gasteiger partial charge in [-0.05, 0) is 28.1 Å². The molecule has 0 aliphatic carbocycles. The minimum Gasteiger partial charge on any atom is -0.469 e. The number of halogens is 1. The minimum atomic E-state index is -0.354. The first-order valence-electron chi connectivity index (χ1n) is 6.27. The van der Waals surface area contributed by atoms with Gasteiger partial charge >= 0.3 is 5.97 Å². The van der Waals surface area contributed by atoms with Crippen LogP contribution in [0.1, 0.15) is 5.69 Å². The number of carbonyl (C=O) groups is 2. The maximum absolute atomic E-state index is 11.9. The lowest BCUT2D eigenvalue weighted by Gasteiger charge is -2.04.